The zero-order valence-electron chi connectivity index (χ0n) is 11.6. The van der Waals surface area contributed by atoms with E-state index in [9.17, 15) is 4.39 Å². The molecule has 1 aromatic carbocycles. The highest BCUT2D eigenvalue weighted by molar-refractivity contribution is 9.10. The van der Waals surface area contributed by atoms with E-state index in [4.69, 9.17) is 5.73 Å². The van der Waals surface area contributed by atoms with E-state index >= 15 is 0 Å². The summed E-state index contributed by atoms with van der Waals surface area (Å²) >= 11 is 3.52. The Bertz CT molecular complexity index is 438. The van der Waals surface area contributed by atoms with Crippen LogP contribution in [0.25, 0.3) is 0 Å². The maximum atomic E-state index is 13.5. The van der Waals surface area contributed by atoms with Gasteiger partial charge >= 0.3 is 0 Å². The van der Waals surface area contributed by atoms with Crippen LogP contribution in [0.4, 0.5) is 4.39 Å². The fourth-order valence-electron chi connectivity index (χ4n) is 2.82. The number of hydrogen-bond acceptors (Lipinski definition) is 2. The summed E-state index contributed by atoms with van der Waals surface area (Å²) in [6.45, 7) is 7.17. The van der Waals surface area contributed by atoms with Crippen molar-refractivity contribution < 1.29 is 4.39 Å². The van der Waals surface area contributed by atoms with Gasteiger partial charge in [-0.15, -0.1) is 0 Å². The van der Waals surface area contributed by atoms with E-state index in [1.807, 2.05) is 0 Å². The summed E-state index contributed by atoms with van der Waals surface area (Å²) in [5.41, 5.74) is 6.91. The van der Waals surface area contributed by atoms with E-state index in [1.54, 1.807) is 12.1 Å². The second-order valence-corrected chi connectivity index (χ2v) is 6.51. The molecule has 0 amide bonds. The van der Waals surface area contributed by atoms with Gasteiger partial charge in [0.1, 0.15) is 5.82 Å². The Morgan fingerprint density at radius 3 is 2.79 bits per heavy atom. The normalized spacial score (nSPS) is 26.4. The maximum absolute atomic E-state index is 13.5. The van der Waals surface area contributed by atoms with Gasteiger partial charge in [0.2, 0.25) is 0 Å². The zero-order valence-corrected chi connectivity index (χ0v) is 13.2. The highest BCUT2D eigenvalue weighted by atomic mass is 79.9. The Hall–Kier alpha value is -0.450. The molecule has 106 valence electrons. The van der Waals surface area contributed by atoms with E-state index < -0.39 is 0 Å². The molecule has 3 atom stereocenters. The van der Waals surface area contributed by atoms with Gasteiger partial charge in [-0.1, -0.05) is 29.8 Å². The fourth-order valence-corrected chi connectivity index (χ4v) is 3.33. The lowest BCUT2D eigenvalue weighted by atomic mass is 9.87. The Balaban J connectivity index is 2.22. The van der Waals surface area contributed by atoms with Crippen molar-refractivity contribution in [2.24, 2.45) is 17.6 Å². The van der Waals surface area contributed by atoms with Crippen molar-refractivity contribution in [2.75, 3.05) is 19.6 Å². The van der Waals surface area contributed by atoms with Crippen molar-refractivity contribution >= 4 is 15.9 Å². The Morgan fingerprint density at radius 1 is 1.42 bits per heavy atom. The lowest BCUT2D eigenvalue weighted by Crippen LogP contribution is -2.43. The summed E-state index contributed by atoms with van der Waals surface area (Å²) in [5, 5.41) is 0. The highest BCUT2D eigenvalue weighted by Crippen LogP contribution is 2.32. The van der Waals surface area contributed by atoms with E-state index in [-0.39, 0.29) is 11.9 Å². The molecule has 0 spiro atoms. The minimum atomic E-state index is -0.199. The predicted molar refractivity (Wildman–Crippen MR) is 80.4 cm³/mol. The van der Waals surface area contributed by atoms with Crippen LogP contribution in [0.3, 0.4) is 0 Å². The van der Waals surface area contributed by atoms with Crippen LogP contribution in [-0.4, -0.2) is 24.5 Å². The van der Waals surface area contributed by atoms with Crippen LogP contribution < -0.4 is 5.73 Å². The van der Waals surface area contributed by atoms with E-state index in [0.29, 0.717) is 12.5 Å². The molecule has 0 saturated carbocycles. The van der Waals surface area contributed by atoms with Crippen LogP contribution in [0, 0.1) is 17.7 Å². The number of benzene rings is 1. The first-order valence-electron chi connectivity index (χ1n) is 6.92. The Kier molecular flexibility index (Phi) is 4.98. The van der Waals surface area contributed by atoms with Crippen molar-refractivity contribution in [1.82, 2.24) is 4.90 Å². The van der Waals surface area contributed by atoms with Gasteiger partial charge in [-0.2, -0.15) is 0 Å². The number of piperidine rings is 1. The molecule has 1 aliphatic rings. The monoisotopic (exact) mass is 328 g/mol. The molecule has 2 nitrogen and oxygen atoms in total. The van der Waals surface area contributed by atoms with E-state index in [1.165, 1.54) is 12.5 Å². The minimum absolute atomic E-state index is 0.0972. The molecule has 1 aromatic rings. The van der Waals surface area contributed by atoms with Crippen LogP contribution >= 0.6 is 15.9 Å². The predicted octanol–water partition coefficient (Wildman–Crippen LogP) is 3.57. The second-order valence-electron chi connectivity index (χ2n) is 5.66. The van der Waals surface area contributed by atoms with Crippen LogP contribution in [0.15, 0.2) is 22.7 Å². The van der Waals surface area contributed by atoms with Crippen molar-refractivity contribution in [3.8, 4) is 0 Å². The fraction of sp³-hybridized carbons (Fsp3) is 0.600. The Labute approximate surface area is 123 Å². The van der Waals surface area contributed by atoms with Crippen LogP contribution in [0.1, 0.15) is 31.9 Å². The smallest absolute Gasteiger partial charge is 0.123 e. The third-order valence-corrected chi connectivity index (χ3v) is 5.07. The molecule has 2 N–H and O–H groups in total. The number of halogens is 2. The van der Waals surface area contributed by atoms with Crippen molar-refractivity contribution in [2.45, 2.75) is 26.3 Å². The van der Waals surface area contributed by atoms with Gasteiger partial charge in [-0.05, 0) is 48.6 Å². The molecule has 4 heteroatoms. The number of rotatable bonds is 3. The lowest BCUT2D eigenvalue weighted by molar-refractivity contribution is 0.0979. The van der Waals surface area contributed by atoms with Gasteiger partial charge in [0, 0.05) is 23.6 Å². The summed E-state index contributed by atoms with van der Waals surface area (Å²) in [6, 6.07) is 4.94. The average Bonchev–Trinajstić information content (AvgIpc) is 2.38. The molecule has 2 rings (SSSR count). The van der Waals surface area contributed by atoms with Crippen LogP contribution in [-0.2, 0) is 0 Å². The number of hydrogen-bond donors (Lipinski definition) is 1. The largest absolute Gasteiger partial charge is 0.329 e. The third kappa shape index (κ3) is 3.36. The molecule has 0 aromatic heterocycles. The maximum Gasteiger partial charge on any atom is 0.123 e. The Morgan fingerprint density at radius 2 is 2.16 bits per heavy atom. The van der Waals surface area contributed by atoms with E-state index in [0.717, 1.165) is 29.0 Å². The quantitative estimate of drug-likeness (QED) is 0.919. The molecule has 19 heavy (non-hydrogen) atoms. The third-order valence-electron chi connectivity index (χ3n) is 4.35. The lowest BCUT2D eigenvalue weighted by Gasteiger charge is -2.40. The van der Waals surface area contributed by atoms with Crippen molar-refractivity contribution in [3.05, 3.63) is 34.1 Å². The van der Waals surface area contributed by atoms with E-state index in [2.05, 4.69) is 34.7 Å². The number of nitrogens with two attached hydrogens (primary N) is 1. The molecule has 1 aliphatic heterocycles. The molecule has 1 heterocycles. The zero-order chi connectivity index (χ0) is 14.0. The first-order valence-corrected chi connectivity index (χ1v) is 7.71. The van der Waals surface area contributed by atoms with Gasteiger partial charge in [-0.3, -0.25) is 4.90 Å². The van der Waals surface area contributed by atoms with Crippen molar-refractivity contribution in [1.29, 1.82) is 0 Å². The highest BCUT2D eigenvalue weighted by Gasteiger charge is 2.28. The number of nitrogens with zero attached hydrogens (tertiary/aromatic N) is 1. The van der Waals surface area contributed by atoms with Gasteiger partial charge < -0.3 is 5.73 Å². The summed E-state index contributed by atoms with van der Waals surface area (Å²) < 4.78 is 14.4. The van der Waals surface area contributed by atoms with Gasteiger partial charge in [0.25, 0.3) is 0 Å². The minimum Gasteiger partial charge on any atom is -0.329 e. The summed E-state index contributed by atoms with van der Waals surface area (Å²) in [6.07, 6.45) is 1.19. The van der Waals surface area contributed by atoms with Gasteiger partial charge in [-0.25, -0.2) is 4.39 Å². The molecule has 1 fully saturated rings. The standard InChI is InChI=1S/C15H22BrFN2/c1-10-5-6-19(9-11(10)2)15(8-18)13-7-12(17)3-4-14(13)16/h3-4,7,10-11,15H,5-6,8-9,18H2,1-2H3. The summed E-state index contributed by atoms with van der Waals surface area (Å²) in [4.78, 5) is 2.39. The van der Waals surface area contributed by atoms with Crippen LogP contribution in [0.5, 0.6) is 0 Å². The van der Waals surface area contributed by atoms with Crippen molar-refractivity contribution in [3.63, 3.8) is 0 Å². The SMILES string of the molecule is CC1CCN(C(CN)c2cc(F)ccc2Br)CC1C. The summed E-state index contributed by atoms with van der Waals surface area (Å²) in [5.74, 6) is 1.22. The molecule has 3 unspecified atom stereocenters. The molecule has 1 saturated heterocycles. The van der Waals surface area contributed by atoms with Gasteiger partial charge in [0.05, 0.1) is 0 Å². The number of likely N-dealkylation sites (tertiary alicyclic amines) is 1. The molecule has 0 bridgehead atoms. The van der Waals surface area contributed by atoms with Crippen LogP contribution in [0.2, 0.25) is 0 Å². The average molecular weight is 329 g/mol. The first kappa shape index (κ1) is 14.9. The molecular formula is C15H22BrFN2. The summed E-state index contributed by atoms with van der Waals surface area (Å²) in [7, 11) is 0. The first-order chi connectivity index (χ1) is 9.02. The second kappa shape index (κ2) is 6.33. The molecular weight excluding hydrogens is 307 g/mol. The molecule has 0 radical (unpaired) electrons. The molecule has 0 aliphatic carbocycles. The van der Waals surface area contributed by atoms with Gasteiger partial charge in [0.15, 0.2) is 0 Å². The topological polar surface area (TPSA) is 29.3 Å².